The molecule has 0 fully saturated rings. The molecule has 2 amide bonds. The molecule has 5 heteroatoms. The van der Waals surface area contributed by atoms with Gasteiger partial charge in [0.1, 0.15) is 5.75 Å². The van der Waals surface area contributed by atoms with Crippen LogP contribution in [-0.2, 0) is 6.54 Å². The van der Waals surface area contributed by atoms with E-state index in [1.54, 1.807) is 7.11 Å². The summed E-state index contributed by atoms with van der Waals surface area (Å²) in [6, 6.07) is 10.0. The molecule has 2 heterocycles. The Morgan fingerprint density at radius 3 is 2.92 bits per heavy atom. The molecule has 1 aromatic carbocycles. The number of ether oxygens (including phenoxy) is 1. The predicted octanol–water partition coefficient (Wildman–Crippen LogP) is 4.19. The van der Waals surface area contributed by atoms with Crippen molar-refractivity contribution in [2.45, 2.75) is 39.3 Å². The highest BCUT2D eigenvalue weighted by molar-refractivity contribution is 5.91. The van der Waals surface area contributed by atoms with Crippen LogP contribution < -0.4 is 10.1 Å². The number of rotatable bonds is 4. The van der Waals surface area contributed by atoms with Gasteiger partial charge in [-0.2, -0.15) is 0 Å². The smallest absolute Gasteiger partial charge is 0.322 e. The molecule has 0 radical (unpaired) electrons. The number of carbonyl (C=O) groups excluding carboxylic acids is 1. The minimum atomic E-state index is -0.0650. The van der Waals surface area contributed by atoms with Gasteiger partial charge in [0.05, 0.1) is 18.8 Å². The molecule has 5 nitrogen and oxygen atoms in total. The van der Waals surface area contributed by atoms with Crippen molar-refractivity contribution < 1.29 is 9.53 Å². The molecule has 128 valence electrons. The van der Waals surface area contributed by atoms with Crippen LogP contribution in [0.1, 0.15) is 37.1 Å². The van der Waals surface area contributed by atoms with Gasteiger partial charge >= 0.3 is 6.03 Å². The first-order chi connectivity index (χ1) is 11.6. The van der Waals surface area contributed by atoms with E-state index in [9.17, 15) is 4.79 Å². The van der Waals surface area contributed by atoms with Crippen LogP contribution in [0, 0.1) is 6.92 Å². The second kappa shape index (κ2) is 6.99. The fourth-order valence-electron chi connectivity index (χ4n) is 3.39. The van der Waals surface area contributed by atoms with Crippen molar-refractivity contribution in [2.24, 2.45) is 0 Å². The number of nitrogens with one attached hydrogen (secondary N) is 1. The Morgan fingerprint density at radius 1 is 1.33 bits per heavy atom. The lowest BCUT2D eigenvalue weighted by molar-refractivity contribution is 0.163. The largest absolute Gasteiger partial charge is 0.495 e. The Bertz CT molecular complexity index is 723. The molecule has 2 aromatic rings. The van der Waals surface area contributed by atoms with Crippen LogP contribution in [0.5, 0.6) is 5.75 Å². The van der Waals surface area contributed by atoms with Crippen LogP contribution in [0.4, 0.5) is 10.5 Å². The van der Waals surface area contributed by atoms with E-state index in [1.807, 2.05) is 30.0 Å². The normalized spacial score (nSPS) is 16.6. The average molecular weight is 327 g/mol. The lowest BCUT2D eigenvalue weighted by atomic mass is 10.0. The SMILES string of the molecule is CCCC1c2cccn2CCN1C(=O)Nc1cc(C)ccc1OC. The van der Waals surface area contributed by atoms with Crippen LogP contribution in [0.25, 0.3) is 0 Å². The maximum Gasteiger partial charge on any atom is 0.322 e. The minimum absolute atomic E-state index is 0.0650. The molecule has 1 unspecified atom stereocenters. The number of carbonyl (C=O) groups is 1. The minimum Gasteiger partial charge on any atom is -0.495 e. The van der Waals surface area contributed by atoms with Crippen molar-refractivity contribution in [1.82, 2.24) is 9.47 Å². The van der Waals surface area contributed by atoms with Crippen molar-refractivity contribution in [2.75, 3.05) is 19.0 Å². The Morgan fingerprint density at radius 2 is 2.17 bits per heavy atom. The third-order valence-electron chi connectivity index (χ3n) is 4.58. The maximum atomic E-state index is 12.9. The van der Waals surface area contributed by atoms with E-state index in [0.29, 0.717) is 12.3 Å². The highest BCUT2D eigenvalue weighted by atomic mass is 16.5. The van der Waals surface area contributed by atoms with Gasteiger partial charge in [0.15, 0.2) is 0 Å². The monoisotopic (exact) mass is 327 g/mol. The first-order valence-corrected chi connectivity index (χ1v) is 8.51. The molecule has 0 bridgehead atoms. The van der Waals surface area contributed by atoms with Crippen molar-refractivity contribution in [3.05, 3.63) is 47.8 Å². The summed E-state index contributed by atoms with van der Waals surface area (Å²) in [6.07, 6.45) is 4.09. The number of hydrogen-bond donors (Lipinski definition) is 1. The Kier molecular flexibility index (Phi) is 4.79. The van der Waals surface area contributed by atoms with Crippen LogP contribution >= 0.6 is 0 Å². The standard InChI is InChI=1S/C19H25N3O2/c1-4-6-17-16-7-5-10-21(16)11-12-22(17)19(23)20-15-13-14(2)8-9-18(15)24-3/h5,7-10,13,17H,4,6,11-12H2,1-3H3,(H,20,23). The number of fused-ring (bicyclic) bond motifs is 1. The second-order valence-corrected chi connectivity index (χ2v) is 6.26. The Balaban J connectivity index is 1.83. The lowest BCUT2D eigenvalue weighted by Gasteiger charge is -2.37. The van der Waals surface area contributed by atoms with Crippen LogP contribution in [0.2, 0.25) is 0 Å². The Hall–Kier alpha value is -2.43. The van der Waals surface area contributed by atoms with Crippen LogP contribution in [0.15, 0.2) is 36.5 Å². The van der Waals surface area contributed by atoms with E-state index >= 15 is 0 Å². The molecule has 1 aliphatic heterocycles. The van der Waals surface area contributed by atoms with Gasteiger partial charge in [-0.25, -0.2) is 4.79 Å². The van der Waals surface area contributed by atoms with Crippen molar-refractivity contribution >= 4 is 11.7 Å². The molecule has 24 heavy (non-hydrogen) atoms. The van der Waals surface area contributed by atoms with Gasteiger partial charge in [0.2, 0.25) is 0 Å². The number of anilines is 1. The van der Waals surface area contributed by atoms with E-state index in [2.05, 4.69) is 35.1 Å². The zero-order valence-electron chi connectivity index (χ0n) is 14.6. The maximum absolute atomic E-state index is 12.9. The summed E-state index contributed by atoms with van der Waals surface area (Å²) in [5, 5.41) is 3.04. The zero-order chi connectivity index (χ0) is 17.1. The van der Waals surface area contributed by atoms with Gasteiger partial charge in [-0.3, -0.25) is 0 Å². The fraction of sp³-hybridized carbons (Fsp3) is 0.421. The number of benzene rings is 1. The summed E-state index contributed by atoms with van der Waals surface area (Å²) >= 11 is 0. The van der Waals surface area contributed by atoms with Gasteiger partial charge in [-0.15, -0.1) is 0 Å². The quantitative estimate of drug-likeness (QED) is 0.915. The van der Waals surface area contributed by atoms with Gasteiger partial charge in [0, 0.05) is 25.0 Å². The summed E-state index contributed by atoms with van der Waals surface area (Å²) in [5.74, 6) is 0.682. The fourth-order valence-corrected chi connectivity index (χ4v) is 3.39. The molecule has 1 atom stereocenters. The highest BCUT2D eigenvalue weighted by Crippen LogP contribution is 2.32. The summed E-state index contributed by atoms with van der Waals surface area (Å²) in [7, 11) is 1.62. The Labute approximate surface area is 143 Å². The predicted molar refractivity (Wildman–Crippen MR) is 95.5 cm³/mol. The highest BCUT2D eigenvalue weighted by Gasteiger charge is 2.30. The summed E-state index contributed by atoms with van der Waals surface area (Å²) in [5.41, 5.74) is 3.02. The van der Waals surface area contributed by atoms with E-state index in [-0.39, 0.29) is 12.1 Å². The number of methoxy groups -OCH3 is 1. The zero-order valence-corrected chi connectivity index (χ0v) is 14.6. The molecular weight excluding hydrogens is 302 g/mol. The summed E-state index contributed by atoms with van der Waals surface area (Å²) in [6.45, 7) is 5.71. The van der Waals surface area contributed by atoms with E-state index in [0.717, 1.165) is 30.6 Å². The molecule has 0 saturated carbocycles. The number of aryl methyl sites for hydroxylation is 1. The number of urea groups is 1. The third-order valence-corrected chi connectivity index (χ3v) is 4.58. The van der Waals surface area contributed by atoms with Crippen molar-refractivity contribution in [3.8, 4) is 5.75 Å². The van der Waals surface area contributed by atoms with Crippen molar-refractivity contribution in [1.29, 1.82) is 0 Å². The first-order valence-electron chi connectivity index (χ1n) is 8.51. The van der Waals surface area contributed by atoms with E-state index in [4.69, 9.17) is 4.74 Å². The molecular formula is C19H25N3O2. The van der Waals surface area contributed by atoms with Gasteiger partial charge in [-0.1, -0.05) is 19.4 Å². The molecule has 3 rings (SSSR count). The topological polar surface area (TPSA) is 46.5 Å². The van der Waals surface area contributed by atoms with E-state index in [1.165, 1.54) is 5.69 Å². The second-order valence-electron chi connectivity index (χ2n) is 6.26. The summed E-state index contributed by atoms with van der Waals surface area (Å²) in [4.78, 5) is 14.9. The van der Waals surface area contributed by atoms with Gasteiger partial charge in [0.25, 0.3) is 0 Å². The molecule has 0 aliphatic carbocycles. The van der Waals surface area contributed by atoms with Crippen molar-refractivity contribution in [3.63, 3.8) is 0 Å². The average Bonchev–Trinajstić information content (AvgIpc) is 3.04. The molecule has 1 N–H and O–H groups in total. The van der Waals surface area contributed by atoms with Crippen LogP contribution in [-0.4, -0.2) is 29.2 Å². The van der Waals surface area contributed by atoms with Gasteiger partial charge < -0.3 is 19.5 Å². The number of amides is 2. The van der Waals surface area contributed by atoms with Gasteiger partial charge in [-0.05, 0) is 43.2 Å². The first kappa shape index (κ1) is 16.4. The van der Waals surface area contributed by atoms with E-state index < -0.39 is 0 Å². The molecule has 0 spiro atoms. The molecule has 1 aliphatic rings. The number of aromatic nitrogens is 1. The lowest BCUT2D eigenvalue weighted by Crippen LogP contribution is -2.44. The number of nitrogens with zero attached hydrogens (tertiary/aromatic N) is 2. The van der Waals surface area contributed by atoms with Crippen LogP contribution in [0.3, 0.4) is 0 Å². The summed E-state index contributed by atoms with van der Waals surface area (Å²) < 4.78 is 7.62. The molecule has 0 saturated heterocycles. The number of hydrogen-bond acceptors (Lipinski definition) is 2. The third kappa shape index (κ3) is 3.11. The molecule has 1 aromatic heterocycles.